The fourth-order valence-corrected chi connectivity index (χ4v) is 5.63. The molecule has 1 heterocycles. The molecular weight excluding hydrogens is 510 g/mol. The fraction of sp³-hybridized carbons (Fsp3) is 0.469. The molecule has 0 fully saturated rings. The van der Waals surface area contributed by atoms with Gasteiger partial charge in [0.2, 0.25) is 0 Å². The van der Waals surface area contributed by atoms with E-state index in [2.05, 4.69) is 0 Å². The molecule has 0 amide bonds. The van der Waals surface area contributed by atoms with Crippen molar-refractivity contribution in [2.24, 2.45) is 10.9 Å². The second-order valence-corrected chi connectivity index (χ2v) is 10.1. The van der Waals surface area contributed by atoms with E-state index in [1.54, 1.807) is 21.3 Å². The van der Waals surface area contributed by atoms with Gasteiger partial charge in [0.05, 0.1) is 34.5 Å². The molecule has 0 N–H and O–H groups in total. The van der Waals surface area contributed by atoms with Crippen molar-refractivity contribution < 1.29 is 33.3 Å². The van der Waals surface area contributed by atoms with Crippen LogP contribution >= 0.6 is 0 Å². The van der Waals surface area contributed by atoms with Gasteiger partial charge in [-0.05, 0) is 68.0 Å². The van der Waals surface area contributed by atoms with E-state index in [0.717, 1.165) is 24.0 Å². The molecule has 0 spiro atoms. The van der Waals surface area contributed by atoms with Crippen LogP contribution in [-0.4, -0.2) is 52.0 Å². The molecule has 2 aromatic rings. The molecule has 3 atom stereocenters. The molecule has 40 heavy (non-hydrogen) atoms. The number of benzene rings is 2. The van der Waals surface area contributed by atoms with Crippen LogP contribution in [0.4, 0.5) is 0 Å². The van der Waals surface area contributed by atoms with Crippen LogP contribution in [0.15, 0.2) is 52.7 Å². The highest BCUT2D eigenvalue weighted by Crippen LogP contribution is 2.48. The lowest BCUT2D eigenvalue weighted by atomic mass is 9.69. The number of hydrogen-bond donors (Lipinski definition) is 0. The molecule has 2 aromatic carbocycles. The zero-order valence-electron chi connectivity index (χ0n) is 24.2. The first-order valence-corrected chi connectivity index (χ1v) is 13.9. The Balaban J connectivity index is 1.78. The van der Waals surface area contributed by atoms with Crippen LogP contribution in [0.2, 0.25) is 0 Å². The highest BCUT2D eigenvalue weighted by atomic mass is 16.5. The number of unbranched alkanes of at least 4 members (excludes halogenated alkanes) is 1. The van der Waals surface area contributed by atoms with Crippen molar-refractivity contribution in [2.75, 3.05) is 34.5 Å². The van der Waals surface area contributed by atoms with E-state index < -0.39 is 11.8 Å². The summed E-state index contributed by atoms with van der Waals surface area (Å²) in [6.45, 7) is 6.62. The Morgan fingerprint density at radius 3 is 2.23 bits per heavy atom. The van der Waals surface area contributed by atoms with Gasteiger partial charge in [-0.25, -0.2) is 0 Å². The van der Waals surface area contributed by atoms with Crippen LogP contribution in [0.5, 0.6) is 23.0 Å². The van der Waals surface area contributed by atoms with E-state index in [1.807, 2.05) is 57.2 Å². The van der Waals surface area contributed by atoms with Crippen LogP contribution in [0.1, 0.15) is 69.4 Å². The second-order valence-electron chi connectivity index (χ2n) is 10.1. The zero-order valence-corrected chi connectivity index (χ0v) is 24.2. The van der Waals surface area contributed by atoms with Crippen LogP contribution in [0.25, 0.3) is 0 Å². The average molecular weight is 550 g/mol. The monoisotopic (exact) mass is 549 g/mol. The summed E-state index contributed by atoms with van der Waals surface area (Å²) in [7, 11) is 4.77. The van der Waals surface area contributed by atoms with E-state index in [4.69, 9.17) is 28.7 Å². The largest absolute Gasteiger partial charge is 0.493 e. The lowest BCUT2D eigenvalue weighted by Crippen LogP contribution is -2.38. The SMILES string of the molecule is CCCCOC(=O)C1C(C)=NC2=C(C(=O)C[C@H](c3ccc(OC)c(OC)c3)C2)[C@@H]1c1ccc(OCC)c(OC)c1. The molecule has 0 saturated carbocycles. The number of carbonyl (C=O) groups is 2. The first-order valence-electron chi connectivity index (χ1n) is 13.9. The molecule has 1 aliphatic heterocycles. The molecular formula is C32H39NO7. The Bertz CT molecular complexity index is 1310. The number of methoxy groups -OCH3 is 3. The normalized spacial score (nSPS) is 20.4. The number of Topliss-reactive ketones (excluding diaryl/α,β-unsaturated/α-hetero) is 1. The van der Waals surface area contributed by atoms with E-state index in [1.165, 1.54) is 0 Å². The van der Waals surface area contributed by atoms with Gasteiger partial charge in [0.1, 0.15) is 5.92 Å². The molecule has 4 rings (SSSR count). The van der Waals surface area contributed by atoms with Crippen LogP contribution in [0.3, 0.4) is 0 Å². The maximum absolute atomic E-state index is 13.9. The molecule has 0 aromatic heterocycles. The fourth-order valence-electron chi connectivity index (χ4n) is 5.63. The molecule has 0 radical (unpaired) electrons. The van der Waals surface area contributed by atoms with Gasteiger partial charge in [0.25, 0.3) is 0 Å². The quantitative estimate of drug-likeness (QED) is 0.250. The van der Waals surface area contributed by atoms with Crippen molar-refractivity contribution in [3.8, 4) is 23.0 Å². The average Bonchev–Trinajstić information content (AvgIpc) is 2.96. The summed E-state index contributed by atoms with van der Waals surface area (Å²) in [6, 6.07) is 11.3. The van der Waals surface area contributed by atoms with E-state index >= 15 is 0 Å². The Kier molecular flexibility index (Phi) is 9.50. The van der Waals surface area contributed by atoms with Gasteiger partial charge >= 0.3 is 5.97 Å². The van der Waals surface area contributed by atoms with E-state index in [-0.39, 0.29) is 17.7 Å². The first kappa shape index (κ1) is 29.2. The topological polar surface area (TPSA) is 92.7 Å². The van der Waals surface area contributed by atoms with Gasteiger partial charge < -0.3 is 23.7 Å². The van der Waals surface area contributed by atoms with Gasteiger partial charge in [-0.15, -0.1) is 0 Å². The molecule has 2 aliphatic rings. The third-order valence-corrected chi connectivity index (χ3v) is 7.61. The highest BCUT2D eigenvalue weighted by Gasteiger charge is 2.45. The van der Waals surface area contributed by atoms with Crippen LogP contribution in [0, 0.1) is 5.92 Å². The van der Waals surface area contributed by atoms with Crippen LogP contribution < -0.4 is 18.9 Å². The van der Waals surface area contributed by atoms with Crippen LogP contribution in [-0.2, 0) is 14.3 Å². The van der Waals surface area contributed by atoms with Crippen molar-refractivity contribution in [3.63, 3.8) is 0 Å². The first-order chi connectivity index (χ1) is 19.4. The number of allylic oxidation sites excluding steroid dienone is 2. The maximum Gasteiger partial charge on any atom is 0.315 e. The predicted octanol–water partition coefficient (Wildman–Crippen LogP) is 6.03. The number of carbonyl (C=O) groups excluding carboxylic acids is 2. The molecule has 1 aliphatic carbocycles. The summed E-state index contributed by atoms with van der Waals surface area (Å²) >= 11 is 0. The lowest BCUT2D eigenvalue weighted by Gasteiger charge is -2.36. The predicted molar refractivity (Wildman–Crippen MR) is 153 cm³/mol. The van der Waals surface area contributed by atoms with Gasteiger partial charge in [0.15, 0.2) is 28.8 Å². The third-order valence-electron chi connectivity index (χ3n) is 7.61. The molecule has 1 unspecified atom stereocenters. The summed E-state index contributed by atoms with van der Waals surface area (Å²) in [6.07, 6.45) is 2.55. The Morgan fingerprint density at radius 2 is 1.55 bits per heavy atom. The summed E-state index contributed by atoms with van der Waals surface area (Å²) in [5.41, 5.74) is 3.69. The van der Waals surface area contributed by atoms with Crippen molar-refractivity contribution in [1.82, 2.24) is 0 Å². The number of rotatable bonds is 11. The lowest BCUT2D eigenvalue weighted by molar-refractivity contribution is -0.146. The number of ketones is 1. The number of hydrogen-bond acceptors (Lipinski definition) is 8. The zero-order chi connectivity index (χ0) is 28.8. The van der Waals surface area contributed by atoms with Gasteiger partial charge in [-0.2, -0.15) is 0 Å². The summed E-state index contributed by atoms with van der Waals surface area (Å²) in [5.74, 6) is 0.686. The molecule has 0 bridgehead atoms. The van der Waals surface area contributed by atoms with E-state index in [9.17, 15) is 9.59 Å². The minimum Gasteiger partial charge on any atom is -0.493 e. The minimum atomic E-state index is -0.708. The Hall–Kier alpha value is -3.81. The Labute approximate surface area is 236 Å². The van der Waals surface area contributed by atoms with Crippen molar-refractivity contribution in [1.29, 1.82) is 0 Å². The smallest absolute Gasteiger partial charge is 0.315 e. The van der Waals surface area contributed by atoms with Crippen molar-refractivity contribution in [3.05, 3.63) is 58.8 Å². The summed E-state index contributed by atoms with van der Waals surface area (Å²) in [4.78, 5) is 32.3. The summed E-state index contributed by atoms with van der Waals surface area (Å²) < 4.78 is 27.9. The highest BCUT2D eigenvalue weighted by molar-refractivity contribution is 6.09. The number of ether oxygens (including phenoxy) is 5. The molecule has 214 valence electrons. The second kappa shape index (κ2) is 13.0. The summed E-state index contributed by atoms with van der Waals surface area (Å²) in [5, 5.41) is 0. The maximum atomic E-state index is 13.9. The molecule has 8 heteroatoms. The number of esters is 1. The van der Waals surface area contributed by atoms with Gasteiger partial charge in [-0.1, -0.05) is 25.5 Å². The van der Waals surface area contributed by atoms with Crippen molar-refractivity contribution >= 4 is 17.5 Å². The molecule has 8 nitrogen and oxygen atoms in total. The van der Waals surface area contributed by atoms with Crippen molar-refractivity contribution in [2.45, 2.75) is 58.3 Å². The number of nitrogens with zero attached hydrogens (tertiary/aromatic N) is 1. The number of aliphatic imine (C=N–C) groups is 1. The van der Waals surface area contributed by atoms with Gasteiger partial charge in [-0.3, -0.25) is 14.6 Å². The standard InChI is InChI=1S/C32H39NO7/c1-7-9-14-40-32(35)29-19(3)33-23-15-22(20-10-12-25(36-4)27(17-20)37-5)16-24(34)31(23)30(29)21-11-13-26(39-8-2)28(18-21)38-6/h10-13,17-18,22,29-30H,7-9,14-16H2,1-6H3/t22-,29?,30-/m1/s1. The van der Waals surface area contributed by atoms with E-state index in [0.29, 0.717) is 66.0 Å². The Morgan fingerprint density at radius 1 is 0.900 bits per heavy atom. The minimum absolute atomic E-state index is 0.0264. The third kappa shape index (κ3) is 5.86. The molecule has 0 saturated heterocycles. The van der Waals surface area contributed by atoms with Gasteiger partial charge in [0, 0.05) is 29.3 Å².